The number of aromatic nitrogens is 4. The summed E-state index contributed by atoms with van der Waals surface area (Å²) in [5.74, 6) is 0.513. The molecule has 3 aromatic heterocycles. The minimum atomic E-state index is -4.51. The molecular formula is C31H26F3N5O. The third kappa shape index (κ3) is 5.00. The Balaban J connectivity index is 1.53. The van der Waals surface area contributed by atoms with E-state index in [1.165, 1.54) is 4.68 Å². The molecule has 9 heteroatoms. The molecule has 0 bridgehead atoms. The molecule has 0 saturated heterocycles. The number of pyridine rings is 2. The molecule has 0 saturated carbocycles. The van der Waals surface area contributed by atoms with Crippen LogP contribution in [0.1, 0.15) is 55.3 Å². The van der Waals surface area contributed by atoms with Gasteiger partial charge in [0, 0.05) is 17.3 Å². The van der Waals surface area contributed by atoms with Crippen LogP contribution in [0.25, 0.3) is 32.7 Å². The van der Waals surface area contributed by atoms with Crippen LogP contribution in [0.2, 0.25) is 0 Å². The Kier molecular flexibility index (Phi) is 7.03. The Bertz CT molecular complexity index is 1730. The zero-order valence-electron chi connectivity index (χ0n) is 22.4. The molecule has 0 fully saturated rings. The molecule has 3 heterocycles. The molecule has 0 N–H and O–H groups in total. The number of hydrogen-bond donors (Lipinski definition) is 0. The average molecular weight is 542 g/mol. The van der Waals surface area contributed by atoms with Crippen molar-refractivity contribution in [3.8, 4) is 22.8 Å². The van der Waals surface area contributed by atoms with Gasteiger partial charge in [-0.2, -0.15) is 18.3 Å². The van der Waals surface area contributed by atoms with E-state index in [4.69, 9.17) is 16.3 Å². The van der Waals surface area contributed by atoms with Crippen molar-refractivity contribution >= 4 is 16.6 Å². The smallest absolute Gasteiger partial charge is 0.435 e. The number of ether oxygens (including phenoxy) is 1. The number of fused-ring (bicyclic) bond motifs is 1. The van der Waals surface area contributed by atoms with Crippen molar-refractivity contribution in [2.24, 2.45) is 0 Å². The van der Waals surface area contributed by atoms with Crippen LogP contribution >= 0.6 is 0 Å². The maximum absolute atomic E-state index is 13.1. The summed E-state index contributed by atoms with van der Waals surface area (Å²) in [4.78, 5) is 13.1. The fourth-order valence-corrected chi connectivity index (χ4v) is 4.70. The molecule has 40 heavy (non-hydrogen) atoms. The number of alkyl halides is 3. The Morgan fingerprint density at radius 2 is 1.70 bits per heavy atom. The Hall–Kier alpha value is -4.71. The number of nitrogens with zero attached hydrogens (tertiary/aromatic N) is 5. The molecule has 5 aromatic rings. The second-order valence-corrected chi connectivity index (χ2v) is 9.80. The highest BCUT2D eigenvalue weighted by molar-refractivity contribution is 6.01. The summed E-state index contributed by atoms with van der Waals surface area (Å²) in [5.41, 5.74) is 4.09. The van der Waals surface area contributed by atoms with Gasteiger partial charge in [0.05, 0.1) is 18.0 Å². The van der Waals surface area contributed by atoms with Crippen LogP contribution in [-0.2, 0) is 6.18 Å². The highest BCUT2D eigenvalue weighted by atomic mass is 19.4. The van der Waals surface area contributed by atoms with Crippen LogP contribution in [0.4, 0.5) is 18.9 Å². The van der Waals surface area contributed by atoms with E-state index in [9.17, 15) is 13.2 Å². The van der Waals surface area contributed by atoms with Crippen molar-refractivity contribution in [3.63, 3.8) is 0 Å². The molecule has 0 radical (unpaired) electrons. The van der Waals surface area contributed by atoms with Crippen molar-refractivity contribution in [1.29, 1.82) is 0 Å². The summed E-state index contributed by atoms with van der Waals surface area (Å²) in [6.45, 7) is 15.6. The number of aryl methyl sites for hydroxylation is 1. The lowest BCUT2D eigenvalue weighted by Gasteiger charge is -2.19. The fraction of sp³-hybridized carbons (Fsp3) is 0.226. The maximum atomic E-state index is 13.1. The second-order valence-electron chi connectivity index (χ2n) is 9.80. The zero-order chi connectivity index (χ0) is 28.6. The first-order valence-corrected chi connectivity index (χ1v) is 12.7. The second kappa shape index (κ2) is 10.5. The molecule has 0 unspecified atom stereocenters. The predicted molar refractivity (Wildman–Crippen MR) is 148 cm³/mol. The van der Waals surface area contributed by atoms with Gasteiger partial charge in [-0.05, 0) is 60.7 Å². The molecule has 0 amide bonds. The highest BCUT2D eigenvalue weighted by Gasteiger charge is 2.34. The highest BCUT2D eigenvalue weighted by Crippen LogP contribution is 2.42. The zero-order valence-corrected chi connectivity index (χ0v) is 22.4. The van der Waals surface area contributed by atoms with Gasteiger partial charge in [0.1, 0.15) is 11.6 Å². The Morgan fingerprint density at radius 1 is 0.975 bits per heavy atom. The standard InChI is InChI=1S/C31H26F3N5O/c1-18(2)23-9-6-7-10-24(23)28-27(35-5)25-11-8-16-36-29(25)30(37-28)40-20(4)21-12-14-22(15-13-21)39-19(3)17-26(38-39)31(32,33)34/h6-18,20H,1-4H3/t20-/m1/s1. The topological polar surface area (TPSA) is 57.2 Å². The first-order valence-electron chi connectivity index (χ1n) is 12.7. The average Bonchev–Trinajstić information content (AvgIpc) is 3.35. The summed E-state index contributed by atoms with van der Waals surface area (Å²) < 4.78 is 46.9. The molecule has 0 aliphatic heterocycles. The van der Waals surface area contributed by atoms with Gasteiger partial charge < -0.3 is 4.74 Å². The van der Waals surface area contributed by atoms with E-state index in [0.29, 0.717) is 39.5 Å². The monoisotopic (exact) mass is 541 g/mol. The van der Waals surface area contributed by atoms with Crippen LogP contribution in [0.3, 0.4) is 0 Å². The van der Waals surface area contributed by atoms with Gasteiger partial charge in [-0.25, -0.2) is 14.5 Å². The minimum absolute atomic E-state index is 0.216. The van der Waals surface area contributed by atoms with Gasteiger partial charge in [0.15, 0.2) is 5.69 Å². The van der Waals surface area contributed by atoms with Crippen LogP contribution in [0.5, 0.6) is 5.88 Å². The first kappa shape index (κ1) is 26.9. The van der Waals surface area contributed by atoms with E-state index >= 15 is 0 Å². The molecule has 0 aliphatic rings. The molecule has 0 spiro atoms. The molecular weight excluding hydrogens is 515 g/mol. The summed E-state index contributed by atoms with van der Waals surface area (Å²) >= 11 is 0. The van der Waals surface area contributed by atoms with Crippen LogP contribution in [0.15, 0.2) is 72.9 Å². The summed E-state index contributed by atoms with van der Waals surface area (Å²) in [6, 6.07) is 19.5. The lowest BCUT2D eigenvalue weighted by atomic mass is 9.94. The molecule has 5 rings (SSSR count). The molecule has 0 aliphatic carbocycles. The van der Waals surface area contributed by atoms with E-state index in [2.05, 4.69) is 28.8 Å². The van der Waals surface area contributed by atoms with E-state index in [1.807, 2.05) is 37.3 Å². The summed E-state index contributed by atoms with van der Waals surface area (Å²) in [6.07, 6.45) is -3.35. The van der Waals surface area contributed by atoms with Crippen molar-refractivity contribution in [2.75, 3.05) is 0 Å². The van der Waals surface area contributed by atoms with Crippen molar-refractivity contribution in [2.45, 2.75) is 45.9 Å². The largest absolute Gasteiger partial charge is 0.468 e. The summed E-state index contributed by atoms with van der Waals surface area (Å²) in [7, 11) is 0. The number of rotatable bonds is 6. The van der Waals surface area contributed by atoms with Crippen LogP contribution < -0.4 is 4.74 Å². The van der Waals surface area contributed by atoms with Gasteiger partial charge >= 0.3 is 6.18 Å². The lowest BCUT2D eigenvalue weighted by Crippen LogP contribution is -2.08. The maximum Gasteiger partial charge on any atom is 0.435 e. The SMILES string of the molecule is [C-]#[N+]c1c(-c2ccccc2C(C)C)nc(O[C@H](C)c2ccc(-n3nc(C(F)(F)F)cc3C)cc2)c2ncccc12. The van der Waals surface area contributed by atoms with E-state index in [-0.39, 0.29) is 5.92 Å². The van der Waals surface area contributed by atoms with Crippen LogP contribution in [0, 0.1) is 13.5 Å². The Labute approximate surface area is 229 Å². The quantitative estimate of drug-likeness (QED) is 0.202. The number of benzene rings is 2. The van der Waals surface area contributed by atoms with Crippen molar-refractivity contribution in [3.05, 3.63) is 107 Å². The van der Waals surface area contributed by atoms with Gasteiger partial charge in [-0.1, -0.05) is 56.3 Å². The Morgan fingerprint density at radius 3 is 2.35 bits per heavy atom. The molecule has 1 atom stereocenters. The number of hydrogen-bond acceptors (Lipinski definition) is 4. The summed E-state index contributed by atoms with van der Waals surface area (Å²) in [5, 5.41) is 4.37. The van der Waals surface area contributed by atoms with Gasteiger partial charge in [-0.3, -0.25) is 4.98 Å². The van der Waals surface area contributed by atoms with Crippen molar-refractivity contribution in [1.82, 2.24) is 19.7 Å². The fourth-order valence-electron chi connectivity index (χ4n) is 4.70. The van der Waals surface area contributed by atoms with E-state index in [1.54, 1.807) is 43.5 Å². The molecule has 6 nitrogen and oxygen atoms in total. The lowest BCUT2D eigenvalue weighted by molar-refractivity contribution is -0.141. The third-order valence-corrected chi connectivity index (χ3v) is 6.73. The minimum Gasteiger partial charge on any atom is -0.468 e. The van der Waals surface area contributed by atoms with Crippen LogP contribution in [-0.4, -0.2) is 19.7 Å². The van der Waals surface area contributed by atoms with Gasteiger partial charge in [0.25, 0.3) is 0 Å². The van der Waals surface area contributed by atoms with E-state index in [0.717, 1.165) is 22.8 Å². The van der Waals surface area contributed by atoms with Gasteiger partial charge in [0.2, 0.25) is 11.6 Å². The molecule has 202 valence electrons. The first-order chi connectivity index (χ1) is 19.1. The van der Waals surface area contributed by atoms with E-state index < -0.39 is 18.0 Å². The van der Waals surface area contributed by atoms with Crippen molar-refractivity contribution < 1.29 is 17.9 Å². The number of halogens is 3. The normalized spacial score (nSPS) is 12.5. The van der Waals surface area contributed by atoms with Gasteiger partial charge in [-0.15, -0.1) is 0 Å². The third-order valence-electron chi connectivity index (χ3n) is 6.73. The molecule has 2 aromatic carbocycles. The predicted octanol–water partition coefficient (Wildman–Crippen LogP) is 8.62.